The number of ether oxygens (including phenoxy) is 1. The standard InChI is InChI=1S/C18H24N2O3/c1-13(15-8-9-22-12-15)20-16-7-5-6-14(10-16)11-19-17(21)23-18(2,3)4/h5-10,12-13,20H,11H2,1-4H3,(H,19,21). The maximum Gasteiger partial charge on any atom is 0.407 e. The fourth-order valence-electron chi connectivity index (χ4n) is 2.11. The fourth-order valence-corrected chi connectivity index (χ4v) is 2.11. The summed E-state index contributed by atoms with van der Waals surface area (Å²) in [7, 11) is 0. The van der Waals surface area contributed by atoms with Crippen LogP contribution in [0, 0.1) is 0 Å². The molecule has 0 saturated heterocycles. The summed E-state index contributed by atoms with van der Waals surface area (Å²) in [6, 6.07) is 10.00. The smallest absolute Gasteiger partial charge is 0.407 e. The van der Waals surface area contributed by atoms with E-state index in [1.165, 1.54) is 0 Å². The monoisotopic (exact) mass is 316 g/mol. The summed E-state index contributed by atoms with van der Waals surface area (Å²) in [6.45, 7) is 8.01. The highest BCUT2D eigenvalue weighted by molar-refractivity contribution is 5.67. The van der Waals surface area contributed by atoms with Crippen LogP contribution in [-0.2, 0) is 11.3 Å². The Morgan fingerprint density at radius 3 is 2.74 bits per heavy atom. The number of rotatable bonds is 5. The van der Waals surface area contributed by atoms with Gasteiger partial charge in [-0.15, -0.1) is 0 Å². The Kier molecular flexibility index (Phi) is 5.32. The molecule has 124 valence electrons. The predicted octanol–water partition coefficient (Wildman–Crippen LogP) is 4.48. The minimum atomic E-state index is -0.493. The van der Waals surface area contributed by atoms with E-state index in [0.29, 0.717) is 6.54 Å². The van der Waals surface area contributed by atoms with Gasteiger partial charge in [-0.1, -0.05) is 12.1 Å². The number of carbonyl (C=O) groups is 1. The molecule has 1 unspecified atom stereocenters. The number of nitrogens with one attached hydrogen (secondary N) is 2. The Bertz CT molecular complexity index is 630. The molecule has 0 radical (unpaired) electrons. The number of carbonyl (C=O) groups excluding carboxylic acids is 1. The van der Waals surface area contributed by atoms with Crippen LogP contribution >= 0.6 is 0 Å². The zero-order chi connectivity index (χ0) is 16.9. The van der Waals surface area contributed by atoms with Crippen LogP contribution in [0.15, 0.2) is 47.3 Å². The van der Waals surface area contributed by atoms with E-state index in [4.69, 9.17) is 9.15 Å². The zero-order valence-corrected chi connectivity index (χ0v) is 14.1. The van der Waals surface area contributed by atoms with Crippen LogP contribution in [0.5, 0.6) is 0 Å². The first-order valence-corrected chi connectivity index (χ1v) is 7.68. The van der Waals surface area contributed by atoms with E-state index in [2.05, 4.69) is 17.6 Å². The van der Waals surface area contributed by atoms with Crippen molar-refractivity contribution in [3.05, 3.63) is 54.0 Å². The van der Waals surface area contributed by atoms with Crippen molar-refractivity contribution >= 4 is 11.8 Å². The van der Waals surface area contributed by atoms with Crippen molar-refractivity contribution in [2.75, 3.05) is 5.32 Å². The second-order valence-corrected chi connectivity index (χ2v) is 6.48. The van der Waals surface area contributed by atoms with Crippen molar-refractivity contribution in [2.45, 2.75) is 45.9 Å². The molecule has 0 spiro atoms. The first-order chi connectivity index (χ1) is 10.8. The third-order valence-electron chi connectivity index (χ3n) is 3.19. The van der Waals surface area contributed by atoms with Crippen molar-refractivity contribution < 1.29 is 13.9 Å². The lowest BCUT2D eigenvalue weighted by Crippen LogP contribution is -2.32. The lowest BCUT2D eigenvalue weighted by Gasteiger charge is -2.20. The summed E-state index contributed by atoms with van der Waals surface area (Å²) in [5, 5.41) is 6.17. The highest BCUT2D eigenvalue weighted by Gasteiger charge is 2.15. The van der Waals surface area contributed by atoms with Gasteiger partial charge in [-0.2, -0.15) is 0 Å². The fraction of sp³-hybridized carbons (Fsp3) is 0.389. The van der Waals surface area contributed by atoms with E-state index in [1.54, 1.807) is 12.5 Å². The molecular weight excluding hydrogens is 292 g/mol. The van der Waals surface area contributed by atoms with Crippen LogP contribution in [0.3, 0.4) is 0 Å². The van der Waals surface area contributed by atoms with Gasteiger partial charge in [-0.05, 0) is 51.5 Å². The van der Waals surface area contributed by atoms with Crippen molar-refractivity contribution in [1.29, 1.82) is 0 Å². The maximum atomic E-state index is 11.7. The SMILES string of the molecule is CC(Nc1cccc(CNC(=O)OC(C)(C)C)c1)c1ccoc1. The topological polar surface area (TPSA) is 63.5 Å². The van der Waals surface area contributed by atoms with Crippen molar-refractivity contribution in [3.63, 3.8) is 0 Å². The van der Waals surface area contributed by atoms with Crippen LogP contribution in [-0.4, -0.2) is 11.7 Å². The molecule has 5 nitrogen and oxygen atoms in total. The van der Waals surface area contributed by atoms with Gasteiger partial charge >= 0.3 is 6.09 Å². The van der Waals surface area contributed by atoms with Gasteiger partial charge in [0.25, 0.3) is 0 Å². The average molecular weight is 316 g/mol. The largest absolute Gasteiger partial charge is 0.472 e. The first kappa shape index (κ1) is 16.9. The molecule has 5 heteroatoms. The highest BCUT2D eigenvalue weighted by atomic mass is 16.6. The molecule has 1 atom stereocenters. The molecule has 0 aliphatic rings. The number of furan rings is 1. The number of amides is 1. The number of hydrogen-bond acceptors (Lipinski definition) is 4. The average Bonchev–Trinajstić information content (AvgIpc) is 2.98. The van der Waals surface area contributed by atoms with Crippen molar-refractivity contribution in [1.82, 2.24) is 5.32 Å². The summed E-state index contributed by atoms with van der Waals surface area (Å²) in [5.74, 6) is 0. The Balaban J connectivity index is 1.91. The summed E-state index contributed by atoms with van der Waals surface area (Å²) >= 11 is 0. The quantitative estimate of drug-likeness (QED) is 0.854. The molecule has 0 bridgehead atoms. The zero-order valence-electron chi connectivity index (χ0n) is 14.1. The lowest BCUT2D eigenvalue weighted by molar-refractivity contribution is 0.0523. The van der Waals surface area contributed by atoms with Crippen LogP contribution < -0.4 is 10.6 Å². The minimum Gasteiger partial charge on any atom is -0.472 e. The molecular formula is C18H24N2O3. The summed E-state index contributed by atoms with van der Waals surface area (Å²) < 4.78 is 10.3. The third kappa shape index (κ3) is 5.70. The second-order valence-electron chi connectivity index (χ2n) is 6.48. The van der Waals surface area contributed by atoms with Crippen LogP contribution in [0.1, 0.15) is 44.9 Å². The summed E-state index contributed by atoms with van der Waals surface area (Å²) in [6.07, 6.45) is 2.97. The molecule has 0 aliphatic heterocycles. The Morgan fingerprint density at radius 1 is 1.30 bits per heavy atom. The molecule has 2 N–H and O–H groups in total. The van der Waals surface area contributed by atoms with Crippen molar-refractivity contribution in [2.24, 2.45) is 0 Å². The van der Waals surface area contributed by atoms with Gasteiger partial charge in [0.15, 0.2) is 0 Å². The summed E-state index contributed by atoms with van der Waals surface area (Å²) in [4.78, 5) is 11.7. The lowest BCUT2D eigenvalue weighted by atomic mass is 10.1. The molecule has 2 aromatic rings. The Labute approximate surface area is 137 Å². The van der Waals surface area contributed by atoms with E-state index < -0.39 is 11.7 Å². The van der Waals surface area contributed by atoms with Crippen molar-refractivity contribution in [3.8, 4) is 0 Å². The molecule has 1 aromatic carbocycles. The van der Waals surface area contributed by atoms with E-state index in [0.717, 1.165) is 16.8 Å². The predicted molar refractivity (Wildman–Crippen MR) is 90.3 cm³/mol. The number of benzene rings is 1. The maximum absolute atomic E-state index is 11.7. The van der Waals surface area contributed by atoms with Gasteiger partial charge in [0.2, 0.25) is 0 Å². The molecule has 1 amide bonds. The molecule has 0 fully saturated rings. The molecule has 0 aliphatic carbocycles. The molecule has 2 rings (SSSR count). The first-order valence-electron chi connectivity index (χ1n) is 7.68. The van der Waals surface area contributed by atoms with Crippen LogP contribution in [0.25, 0.3) is 0 Å². The van der Waals surface area contributed by atoms with Gasteiger partial charge in [0.05, 0.1) is 18.6 Å². The highest BCUT2D eigenvalue weighted by Crippen LogP contribution is 2.20. The summed E-state index contributed by atoms with van der Waals surface area (Å²) in [5.41, 5.74) is 2.58. The van der Waals surface area contributed by atoms with E-state index in [1.807, 2.05) is 51.1 Å². The van der Waals surface area contributed by atoms with Gasteiger partial charge in [-0.25, -0.2) is 4.79 Å². The second kappa shape index (κ2) is 7.22. The van der Waals surface area contributed by atoms with E-state index in [-0.39, 0.29) is 6.04 Å². The normalized spacial score (nSPS) is 12.5. The molecule has 1 aromatic heterocycles. The Hall–Kier alpha value is -2.43. The van der Waals surface area contributed by atoms with E-state index in [9.17, 15) is 4.79 Å². The molecule has 0 saturated carbocycles. The van der Waals surface area contributed by atoms with Crippen LogP contribution in [0.2, 0.25) is 0 Å². The minimum absolute atomic E-state index is 0.141. The Morgan fingerprint density at radius 2 is 2.09 bits per heavy atom. The number of hydrogen-bond donors (Lipinski definition) is 2. The molecule has 1 heterocycles. The van der Waals surface area contributed by atoms with Gasteiger partial charge in [0, 0.05) is 17.8 Å². The third-order valence-corrected chi connectivity index (χ3v) is 3.19. The van der Waals surface area contributed by atoms with Gasteiger partial charge in [0.1, 0.15) is 5.60 Å². The molecule has 23 heavy (non-hydrogen) atoms. The number of anilines is 1. The van der Waals surface area contributed by atoms with Gasteiger partial charge < -0.3 is 19.8 Å². The van der Waals surface area contributed by atoms with Gasteiger partial charge in [-0.3, -0.25) is 0 Å². The number of alkyl carbamates (subject to hydrolysis) is 1. The van der Waals surface area contributed by atoms with Crippen LogP contribution in [0.4, 0.5) is 10.5 Å². The van der Waals surface area contributed by atoms with E-state index >= 15 is 0 Å².